The number of fused-ring (bicyclic) bond motifs is 1. The Morgan fingerprint density at radius 2 is 1.89 bits per heavy atom. The molecule has 1 N–H and O–H groups in total. The normalized spacial score (nSPS) is 10.8. The molecule has 0 aliphatic carbocycles. The van der Waals surface area contributed by atoms with Crippen LogP contribution in [-0.4, -0.2) is 41.1 Å². The van der Waals surface area contributed by atoms with E-state index in [2.05, 4.69) is 15.3 Å². The molecule has 2 aromatic heterocycles. The number of hydrogen-bond acceptors (Lipinski definition) is 5. The summed E-state index contributed by atoms with van der Waals surface area (Å²) in [5, 5.41) is 3.70. The van der Waals surface area contributed by atoms with Crippen LogP contribution >= 0.6 is 0 Å². The standard InChI is InChI=1S/C20H23N5O2/c1-13-11-14(2)25(20(27)22-13)10-9-21-19(26)16-12-18(24(3)4)23-17-8-6-5-7-15(16)17/h5-8,11-12H,9-10H2,1-4H3,(H,21,26). The van der Waals surface area contributed by atoms with Gasteiger partial charge in [-0.3, -0.25) is 9.36 Å². The zero-order chi connectivity index (χ0) is 19.6. The highest BCUT2D eigenvalue weighted by Gasteiger charge is 2.14. The number of aromatic nitrogens is 3. The van der Waals surface area contributed by atoms with E-state index in [4.69, 9.17) is 0 Å². The molecular formula is C20H23N5O2. The number of carbonyl (C=O) groups is 1. The summed E-state index contributed by atoms with van der Waals surface area (Å²) in [5.41, 5.74) is 2.55. The van der Waals surface area contributed by atoms with E-state index in [0.717, 1.165) is 16.6 Å². The number of benzene rings is 1. The lowest BCUT2D eigenvalue weighted by molar-refractivity contribution is 0.0953. The first-order valence-corrected chi connectivity index (χ1v) is 8.77. The lowest BCUT2D eigenvalue weighted by Gasteiger charge is -2.15. The summed E-state index contributed by atoms with van der Waals surface area (Å²) in [4.78, 5) is 35.2. The van der Waals surface area contributed by atoms with Crippen molar-refractivity contribution in [1.29, 1.82) is 0 Å². The molecule has 0 fully saturated rings. The second kappa shape index (κ2) is 7.57. The number of amides is 1. The number of nitrogens with zero attached hydrogens (tertiary/aromatic N) is 4. The summed E-state index contributed by atoms with van der Waals surface area (Å²) in [7, 11) is 3.77. The summed E-state index contributed by atoms with van der Waals surface area (Å²) in [6.45, 7) is 4.35. The molecule has 140 valence electrons. The molecule has 0 unspecified atom stereocenters. The second-order valence-electron chi connectivity index (χ2n) is 6.67. The fraction of sp³-hybridized carbons (Fsp3) is 0.300. The van der Waals surface area contributed by atoms with Crippen LogP contribution in [0.1, 0.15) is 21.7 Å². The quantitative estimate of drug-likeness (QED) is 0.747. The minimum Gasteiger partial charge on any atom is -0.363 e. The fourth-order valence-corrected chi connectivity index (χ4v) is 3.00. The van der Waals surface area contributed by atoms with Crippen molar-refractivity contribution in [3.05, 3.63) is 63.8 Å². The smallest absolute Gasteiger partial charge is 0.348 e. The van der Waals surface area contributed by atoms with Gasteiger partial charge < -0.3 is 10.2 Å². The number of aryl methyl sites for hydroxylation is 2. The monoisotopic (exact) mass is 365 g/mol. The molecule has 0 aliphatic rings. The molecule has 27 heavy (non-hydrogen) atoms. The van der Waals surface area contributed by atoms with Crippen LogP contribution in [0.4, 0.5) is 5.82 Å². The van der Waals surface area contributed by atoms with Gasteiger partial charge in [0.15, 0.2) is 0 Å². The number of hydrogen-bond donors (Lipinski definition) is 1. The Morgan fingerprint density at radius 3 is 2.59 bits per heavy atom. The molecule has 0 atom stereocenters. The zero-order valence-electron chi connectivity index (χ0n) is 16.0. The van der Waals surface area contributed by atoms with E-state index in [1.807, 2.05) is 56.3 Å². The van der Waals surface area contributed by atoms with Gasteiger partial charge >= 0.3 is 5.69 Å². The minimum atomic E-state index is -0.300. The highest BCUT2D eigenvalue weighted by molar-refractivity contribution is 6.07. The molecule has 1 amide bonds. The van der Waals surface area contributed by atoms with Crippen molar-refractivity contribution in [2.75, 3.05) is 25.5 Å². The number of anilines is 1. The highest BCUT2D eigenvalue weighted by Crippen LogP contribution is 2.22. The van der Waals surface area contributed by atoms with Gasteiger partial charge in [0, 0.05) is 44.0 Å². The van der Waals surface area contributed by atoms with Crippen molar-refractivity contribution >= 4 is 22.6 Å². The Balaban J connectivity index is 1.82. The van der Waals surface area contributed by atoms with Crippen LogP contribution in [0.3, 0.4) is 0 Å². The summed E-state index contributed by atoms with van der Waals surface area (Å²) >= 11 is 0. The van der Waals surface area contributed by atoms with Crippen molar-refractivity contribution in [3.8, 4) is 0 Å². The van der Waals surface area contributed by atoms with E-state index in [1.165, 1.54) is 0 Å². The molecule has 7 nitrogen and oxygen atoms in total. The summed E-state index contributed by atoms with van der Waals surface area (Å²) in [5.74, 6) is 0.524. The average molecular weight is 365 g/mol. The topological polar surface area (TPSA) is 80.1 Å². The van der Waals surface area contributed by atoms with Gasteiger partial charge in [0.2, 0.25) is 0 Å². The SMILES string of the molecule is Cc1cc(C)n(CCNC(=O)c2cc(N(C)C)nc3ccccc23)c(=O)n1. The van der Waals surface area contributed by atoms with E-state index in [1.54, 1.807) is 17.6 Å². The maximum Gasteiger partial charge on any atom is 0.348 e. The minimum absolute atomic E-state index is 0.192. The summed E-state index contributed by atoms with van der Waals surface area (Å²) < 4.78 is 1.56. The van der Waals surface area contributed by atoms with Crippen molar-refractivity contribution in [2.24, 2.45) is 0 Å². The molecule has 3 aromatic rings. The summed E-state index contributed by atoms with van der Waals surface area (Å²) in [6, 6.07) is 11.2. The van der Waals surface area contributed by atoms with Crippen molar-refractivity contribution in [3.63, 3.8) is 0 Å². The van der Waals surface area contributed by atoms with Crippen LogP contribution in [0, 0.1) is 13.8 Å². The van der Waals surface area contributed by atoms with Gasteiger partial charge in [0.05, 0.1) is 11.1 Å². The molecule has 7 heteroatoms. The predicted octanol–water partition coefficient (Wildman–Crippen LogP) is 1.90. The number of nitrogens with one attached hydrogen (secondary N) is 1. The summed E-state index contributed by atoms with van der Waals surface area (Å²) in [6.07, 6.45) is 0. The largest absolute Gasteiger partial charge is 0.363 e. The lowest BCUT2D eigenvalue weighted by atomic mass is 10.1. The highest BCUT2D eigenvalue weighted by atomic mass is 16.2. The van der Waals surface area contributed by atoms with E-state index in [9.17, 15) is 9.59 Å². The van der Waals surface area contributed by atoms with Gasteiger partial charge in [0.25, 0.3) is 5.91 Å². The van der Waals surface area contributed by atoms with Crippen molar-refractivity contribution in [1.82, 2.24) is 19.9 Å². The van der Waals surface area contributed by atoms with E-state index in [-0.39, 0.29) is 11.6 Å². The zero-order valence-corrected chi connectivity index (χ0v) is 16.0. The van der Waals surface area contributed by atoms with Crippen LogP contribution < -0.4 is 15.9 Å². The number of para-hydroxylation sites is 1. The lowest BCUT2D eigenvalue weighted by Crippen LogP contribution is -2.33. The van der Waals surface area contributed by atoms with Gasteiger partial charge in [-0.2, -0.15) is 4.98 Å². The molecule has 3 rings (SSSR count). The fourth-order valence-electron chi connectivity index (χ4n) is 3.00. The Labute approximate surface area is 157 Å². The molecule has 0 bridgehead atoms. The van der Waals surface area contributed by atoms with Crippen molar-refractivity contribution in [2.45, 2.75) is 20.4 Å². The molecule has 1 aromatic carbocycles. The van der Waals surface area contributed by atoms with E-state index < -0.39 is 0 Å². The van der Waals surface area contributed by atoms with Gasteiger partial charge in [-0.05, 0) is 32.0 Å². The van der Waals surface area contributed by atoms with Gasteiger partial charge in [-0.15, -0.1) is 0 Å². The molecule has 2 heterocycles. The van der Waals surface area contributed by atoms with E-state index >= 15 is 0 Å². The van der Waals surface area contributed by atoms with Crippen molar-refractivity contribution < 1.29 is 4.79 Å². The first kappa shape index (κ1) is 18.6. The number of rotatable bonds is 5. The maximum atomic E-state index is 12.8. The Hall–Kier alpha value is -3.22. The number of carbonyl (C=O) groups excluding carboxylic acids is 1. The molecule has 0 saturated carbocycles. The molecular weight excluding hydrogens is 342 g/mol. The maximum absolute atomic E-state index is 12.8. The van der Waals surface area contributed by atoms with Crippen LogP contribution in [0.25, 0.3) is 10.9 Å². The molecule has 0 saturated heterocycles. The average Bonchev–Trinajstić information content (AvgIpc) is 2.62. The Bertz CT molecular complexity index is 1060. The predicted molar refractivity (Wildman–Crippen MR) is 106 cm³/mol. The third-order valence-electron chi connectivity index (χ3n) is 4.37. The van der Waals surface area contributed by atoms with Crippen LogP contribution in [0.2, 0.25) is 0 Å². The first-order chi connectivity index (χ1) is 12.9. The Morgan fingerprint density at radius 1 is 1.15 bits per heavy atom. The molecule has 0 spiro atoms. The van der Waals surface area contributed by atoms with Gasteiger partial charge in [0.1, 0.15) is 5.82 Å². The van der Waals surface area contributed by atoms with Crippen LogP contribution in [-0.2, 0) is 6.54 Å². The third kappa shape index (κ3) is 3.97. The Kier molecular flexibility index (Phi) is 5.21. The number of pyridine rings is 1. The molecule has 0 radical (unpaired) electrons. The van der Waals surface area contributed by atoms with Gasteiger partial charge in [-0.1, -0.05) is 18.2 Å². The van der Waals surface area contributed by atoms with Crippen LogP contribution in [0.5, 0.6) is 0 Å². The van der Waals surface area contributed by atoms with Gasteiger partial charge in [-0.25, -0.2) is 9.78 Å². The third-order valence-corrected chi connectivity index (χ3v) is 4.37. The van der Waals surface area contributed by atoms with E-state index in [0.29, 0.717) is 30.2 Å². The molecule has 0 aliphatic heterocycles. The second-order valence-corrected chi connectivity index (χ2v) is 6.67. The van der Waals surface area contributed by atoms with Crippen LogP contribution in [0.15, 0.2) is 41.2 Å². The first-order valence-electron chi connectivity index (χ1n) is 8.77.